The van der Waals surface area contributed by atoms with Gasteiger partial charge in [0.15, 0.2) is 0 Å². The van der Waals surface area contributed by atoms with Crippen LogP contribution in [0.1, 0.15) is 61.2 Å². The van der Waals surface area contributed by atoms with Gasteiger partial charge in [-0.05, 0) is 62.1 Å². The number of aryl methyl sites for hydroxylation is 4. The number of amides is 1. The Hall–Kier alpha value is -2.47. The number of para-hydroxylation sites is 1. The third-order valence-electron chi connectivity index (χ3n) is 5.94. The minimum Gasteiger partial charge on any atom is -0.324 e. The molecule has 1 aromatic carbocycles. The number of nitrogens with one attached hydrogen (secondary N) is 1. The van der Waals surface area contributed by atoms with Gasteiger partial charge in [0.05, 0.1) is 11.7 Å². The second kappa shape index (κ2) is 8.11. The SMILES string of the molecule is CCc1cccc(CC)c1NC(=O)[C@@H](C)n1cnc2sc3c(c2c1=O)CCCC3. The molecule has 0 radical (unpaired) electrons. The fourth-order valence-corrected chi connectivity index (χ4v) is 5.41. The molecule has 1 aliphatic rings. The molecule has 1 N–H and O–H groups in total. The van der Waals surface area contributed by atoms with Gasteiger partial charge in [-0.2, -0.15) is 0 Å². The van der Waals surface area contributed by atoms with E-state index in [0.717, 1.165) is 64.7 Å². The van der Waals surface area contributed by atoms with Crippen molar-refractivity contribution in [2.75, 3.05) is 5.32 Å². The number of fused-ring (bicyclic) bond motifs is 3. The van der Waals surface area contributed by atoms with E-state index in [1.165, 1.54) is 22.2 Å². The average Bonchev–Trinajstić information content (AvgIpc) is 3.13. The van der Waals surface area contributed by atoms with E-state index >= 15 is 0 Å². The molecule has 0 saturated heterocycles. The molecule has 5 nitrogen and oxygen atoms in total. The molecule has 4 rings (SSSR count). The zero-order chi connectivity index (χ0) is 20.5. The Morgan fingerprint density at radius 2 is 1.90 bits per heavy atom. The molecular weight excluding hydrogens is 382 g/mol. The Morgan fingerprint density at radius 1 is 1.21 bits per heavy atom. The number of anilines is 1. The second-order valence-corrected chi connectivity index (χ2v) is 8.76. The van der Waals surface area contributed by atoms with Crippen LogP contribution >= 0.6 is 11.3 Å². The summed E-state index contributed by atoms with van der Waals surface area (Å²) in [6, 6.07) is 5.47. The van der Waals surface area contributed by atoms with Crippen molar-refractivity contribution in [3.63, 3.8) is 0 Å². The van der Waals surface area contributed by atoms with Gasteiger partial charge in [-0.1, -0.05) is 32.0 Å². The third-order valence-corrected chi connectivity index (χ3v) is 7.14. The van der Waals surface area contributed by atoms with Crippen LogP contribution in [0, 0.1) is 0 Å². The lowest BCUT2D eigenvalue weighted by atomic mass is 9.97. The molecule has 3 aromatic rings. The molecule has 1 aliphatic carbocycles. The van der Waals surface area contributed by atoms with Gasteiger partial charge in [0, 0.05) is 10.6 Å². The van der Waals surface area contributed by atoms with E-state index in [-0.39, 0.29) is 11.5 Å². The Kier molecular flexibility index (Phi) is 5.54. The van der Waals surface area contributed by atoms with Crippen molar-refractivity contribution in [3.05, 3.63) is 56.4 Å². The Bertz CT molecular complexity index is 1110. The summed E-state index contributed by atoms with van der Waals surface area (Å²) in [4.78, 5) is 32.9. The Morgan fingerprint density at radius 3 is 2.59 bits per heavy atom. The predicted octanol–water partition coefficient (Wildman–Crippen LogP) is 4.66. The molecule has 2 heterocycles. The van der Waals surface area contributed by atoms with Gasteiger partial charge >= 0.3 is 0 Å². The van der Waals surface area contributed by atoms with E-state index in [1.54, 1.807) is 18.3 Å². The van der Waals surface area contributed by atoms with Crippen molar-refractivity contribution in [1.82, 2.24) is 9.55 Å². The van der Waals surface area contributed by atoms with Crippen LogP contribution in [0.4, 0.5) is 5.69 Å². The first kappa shape index (κ1) is 19.8. The quantitative estimate of drug-likeness (QED) is 0.666. The van der Waals surface area contributed by atoms with Crippen LogP contribution in [0.25, 0.3) is 10.2 Å². The van der Waals surface area contributed by atoms with Crippen molar-refractivity contribution in [3.8, 4) is 0 Å². The molecule has 29 heavy (non-hydrogen) atoms. The van der Waals surface area contributed by atoms with E-state index in [4.69, 9.17) is 0 Å². The summed E-state index contributed by atoms with van der Waals surface area (Å²) in [5.41, 5.74) is 4.15. The van der Waals surface area contributed by atoms with Crippen LogP contribution in [-0.4, -0.2) is 15.5 Å². The van der Waals surface area contributed by atoms with Gasteiger partial charge in [0.25, 0.3) is 5.56 Å². The van der Waals surface area contributed by atoms with Crippen LogP contribution < -0.4 is 10.9 Å². The average molecular weight is 410 g/mol. The first-order valence-corrected chi connectivity index (χ1v) is 11.3. The maximum Gasteiger partial charge on any atom is 0.263 e. The molecule has 0 fully saturated rings. The van der Waals surface area contributed by atoms with E-state index in [2.05, 4.69) is 24.1 Å². The van der Waals surface area contributed by atoms with E-state index < -0.39 is 6.04 Å². The molecule has 0 spiro atoms. The Labute approximate surface area is 174 Å². The molecule has 2 aromatic heterocycles. The van der Waals surface area contributed by atoms with Gasteiger partial charge in [0.2, 0.25) is 5.91 Å². The predicted molar refractivity (Wildman–Crippen MR) is 119 cm³/mol. The monoisotopic (exact) mass is 409 g/mol. The fourth-order valence-electron chi connectivity index (χ4n) is 4.19. The number of nitrogens with zero attached hydrogens (tertiary/aromatic N) is 2. The standard InChI is InChI=1S/C23H27N3O2S/c1-4-15-9-8-10-16(5-2)20(15)25-21(27)14(3)26-13-24-22-19(23(26)28)17-11-6-7-12-18(17)29-22/h8-10,13-14H,4-7,11-12H2,1-3H3,(H,25,27)/t14-/m1/s1. The number of carbonyl (C=O) groups excluding carboxylic acids is 1. The van der Waals surface area contributed by atoms with Crippen LogP contribution in [-0.2, 0) is 30.5 Å². The van der Waals surface area contributed by atoms with Crippen LogP contribution in [0.2, 0.25) is 0 Å². The zero-order valence-electron chi connectivity index (χ0n) is 17.2. The lowest BCUT2D eigenvalue weighted by molar-refractivity contribution is -0.118. The number of hydrogen-bond acceptors (Lipinski definition) is 4. The molecule has 6 heteroatoms. The summed E-state index contributed by atoms with van der Waals surface area (Å²) < 4.78 is 1.49. The van der Waals surface area contributed by atoms with E-state index in [9.17, 15) is 9.59 Å². The van der Waals surface area contributed by atoms with Gasteiger partial charge in [-0.3, -0.25) is 14.2 Å². The smallest absolute Gasteiger partial charge is 0.263 e. The number of thiophene rings is 1. The summed E-state index contributed by atoms with van der Waals surface area (Å²) in [7, 11) is 0. The van der Waals surface area contributed by atoms with Gasteiger partial charge in [-0.15, -0.1) is 11.3 Å². The largest absolute Gasteiger partial charge is 0.324 e. The summed E-state index contributed by atoms with van der Waals surface area (Å²) in [5.74, 6) is -0.187. The molecular formula is C23H27N3O2S. The van der Waals surface area contributed by atoms with Crippen molar-refractivity contribution in [1.29, 1.82) is 0 Å². The Balaban J connectivity index is 1.69. The van der Waals surface area contributed by atoms with Crippen LogP contribution in [0.3, 0.4) is 0 Å². The number of aromatic nitrogens is 2. The summed E-state index contributed by atoms with van der Waals surface area (Å²) in [5, 5.41) is 3.80. The molecule has 0 aliphatic heterocycles. The second-order valence-electron chi connectivity index (χ2n) is 7.67. The fraction of sp³-hybridized carbons (Fsp3) is 0.435. The summed E-state index contributed by atoms with van der Waals surface area (Å²) in [6.07, 6.45) is 7.45. The number of benzene rings is 1. The van der Waals surface area contributed by atoms with Crippen molar-refractivity contribution >= 4 is 33.1 Å². The zero-order valence-corrected chi connectivity index (χ0v) is 18.1. The molecule has 152 valence electrons. The van der Waals surface area contributed by atoms with Crippen LogP contribution in [0.15, 0.2) is 29.3 Å². The molecule has 0 bridgehead atoms. The van der Waals surface area contributed by atoms with E-state index in [1.807, 2.05) is 18.2 Å². The molecule has 0 saturated carbocycles. The van der Waals surface area contributed by atoms with Gasteiger partial charge < -0.3 is 5.32 Å². The van der Waals surface area contributed by atoms with Crippen molar-refractivity contribution in [2.45, 2.75) is 65.3 Å². The highest BCUT2D eigenvalue weighted by atomic mass is 32.1. The maximum atomic E-state index is 13.3. The minimum atomic E-state index is -0.631. The number of carbonyl (C=O) groups is 1. The minimum absolute atomic E-state index is 0.100. The molecule has 1 amide bonds. The molecule has 0 unspecified atom stereocenters. The first-order valence-electron chi connectivity index (χ1n) is 10.5. The number of rotatable bonds is 5. The highest BCUT2D eigenvalue weighted by molar-refractivity contribution is 7.18. The lowest BCUT2D eigenvalue weighted by Crippen LogP contribution is -2.32. The summed E-state index contributed by atoms with van der Waals surface area (Å²) in [6.45, 7) is 5.93. The lowest BCUT2D eigenvalue weighted by Gasteiger charge is -2.19. The maximum absolute atomic E-state index is 13.3. The third kappa shape index (κ3) is 3.50. The van der Waals surface area contributed by atoms with E-state index in [0.29, 0.717) is 0 Å². The van der Waals surface area contributed by atoms with Gasteiger partial charge in [-0.25, -0.2) is 4.98 Å². The van der Waals surface area contributed by atoms with Crippen molar-refractivity contribution < 1.29 is 4.79 Å². The topological polar surface area (TPSA) is 64.0 Å². The van der Waals surface area contributed by atoms with Gasteiger partial charge in [0.1, 0.15) is 10.9 Å². The van der Waals surface area contributed by atoms with Crippen molar-refractivity contribution in [2.24, 2.45) is 0 Å². The normalized spacial score (nSPS) is 14.6. The molecule has 1 atom stereocenters. The summed E-state index contributed by atoms with van der Waals surface area (Å²) >= 11 is 1.63. The highest BCUT2D eigenvalue weighted by Crippen LogP contribution is 2.33. The number of hydrogen-bond donors (Lipinski definition) is 1. The highest BCUT2D eigenvalue weighted by Gasteiger charge is 2.24. The first-order chi connectivity index (χ1) is 14.0. The van der Waals surface area contributed by atoms with Crippen LogP contribution in [0.5, 0.6) is 0 Å².